The fourth-order valence-corrected chi connectivity index (χ4v) is 3.11. The van der Waals surface area contributed by atoms with Crippen molar-refractivity contribution in [2.45, 2.75) is 32.8 Å². The van der Waals surface area contributed by atoms with Gasteiger partial charge in [0.25, 0.3) is 0 Å². The molecule has 0 amide bonds. The normalized spacial score (nSPS) is 22.4. The van der Waals surface area contributed by atoms with Crippen LogP contribution in [0.1, 0.15) is 44.5 Å². The Hall–Kier alpha value is -0.880. The first-order valence-corrected chi connectivity index (χ1v) is 7.05. The smallest absolute Gasteiger partial charge is 0.238 e. The van der Waals surface area contributed by atoms with Crippen LogP contribution >= 0.6 is 11.8 Å². The molecular weight excluding hydrogens is 252 g/mol. The lowest BCUT2D eigenvalue weighted by Crippen LogP contribution is -2.21. The highest BCUT2D eigenvalue weighted by Crippen LogP contribution is 2.35. The van der Waals surface area contributed by atoms with E-state index in [2.05, 4.69) is 10.1 Å². The van der Waals surface area contributed by atoms with E-state index in [9.17, 15) is 4.79 Å². The van der Waals surface area contributed by atoms with Gasteiger partial charge < -0.3 is 9.26 Å². The molecule has 5 nitrogen and oxygen atoms in total. The topological polar surface area (TPSA) is 65.2 Å². The summed E-state index contributed by atoms with van der Waals surface area (Å²) in [5.74, 6) is 2.13. The number of nitrogens with zero attached hydrogens (tertiary/aromatic N) is 2. The van der Waals surface area contributed by atoms with Gasteiger partial charge in [0.15, 0.2) is 5.78 Å². The van der Waals surface area contributed by atoms with Crippen LogP contribution in [0.25, 0.3) is 0 Å². The summed E-state index contributed by atoms with van der Waals surface area (Å²) in [5, 5.41) is 3.96. The third kappa shape index (κ3) is 2.59. The lowest BCUT2D eigenvalue weighted by Gasteiger charge is -2.26. The Morgan fingerprint density at radius 2 is 2.22 bits per heavy atom. The van der Waals surface area contributed by atoms with E-state index in [4.69, 9.17) is 9.26 Å². The number of aromatic nitrogens is 2. The van der Waals surface area contributed by atoms with Crippen LogP contribution in [0, 0.1) is 5.41 Å². The van der Waals surface area contributed by atoms with Crippen LogP contribution in [-0.2, 0) is 9.53 Å². The summed E-state index contributed by atoms with van der Waals surface area (Å²) in [6.45, 7) is 6.15. The van der Waals surface area contributed by atoms with E-state index in [1.54, 1.807) is 18.9 Å². The molecule has 18 heavy (non-hydrogen) atoms. The van der Waals surface area contributed by atoms with Crippen LogP contribution in [0.4, 0.5) is 0 Å². The lowest BCUT2D eigenvalue weighted by molar-refractivity contribution is -0.117. The molecule has 2 rings (SSSR count). The summed E-state index contributed by atoms with van der Waals surface area (Å²) in [5.41, 5.74) is -0.121. The highest BCUT2D eigenvalue weighted by molar-refractivity contribution is 8.00. The Labute approximate surface area is 111 Å². The van der Waals surface area contributed by atoms with Crippen molar-refractivity contribution in [2.24, 2.45) is 5.41 Å². The van der Waals surface area contributed by atoms with Crippen molar-refractivity contribution in [3.63, 3.8) is 0 Å². The molecule has 0 radical (unpaired) electrons. The number of carbonyl (C=O) groups is 1. The van der Waals surface area contributed by atoms with Crippen molar-refractivity contribution in [1.82, 2.24) is 10.1 Å². The molecule has 2 unspecified atom stereocenters. The predicted molar refractivity (Wildman–Crippen MR) is 68.6 cm³/mol. The second-order valence-electron chi connectivity index (χ2n) is 5.51. The number of rotatable bonds is 3. The number of Topliss-reactive ketones (excluding diaryl/α,β-unsaturated/α-hetero) is 1. The van der Waals surface area contributed by atoms with Crippen LogP contribution in [0.15, 0.2) is 4.52 Å². The summed E-state index contributed by atoms with van der Waals surface area (Å²) in [4.78, 5) is 16.0. The van der Waals surface area contributed by atoms with Crippen LogP contribution < -0.4 is 0 Å². The molecule has 2 atom stereocenters. The molecule has 1 aliphatic rings. The SMILES string of the molecule is COC(c1noc(C2CSCC2=O)n1)C(C)(C)C. The highest BCUT2D eigenvalue weighted by atomic mass is 32.2. The molecule has 0 aromatic carbocycles. The average molecular weight is 270 g/mol. The number of hydrogen-bond acceptors (Lipinski definition) is 6. The molecule has 0 spiro atoms. The summed E-state index contributed by atoms with van der Waals surface area (Å²) >= 11 is 1.61. The van der Waals surface area contributed by atoms with E-state index in [1.165, 1.54) is 0 Å². The zero-order valence-corrected chi connectivity index (χ0v) is 11.9. The van der Waals surface area contributed by atoms with Gasteiger partial charge in [0, 0.05) is 12.9 Å². The molecule has 100 valence electrons. The lowest BCUT2D eigenvalue weighted by atomic mass is 9.88. The van der Waals surface area contributed by atoms with Crippen molar-refractivity contribution in [2.75, 3.05) is 18.6 Å². The average Bonchev–Trinajstić information content (AvgIpc) is 2.85. The van der Waals surface area contributed by atoms with Crippen LogP contribution in [0.2, 0.25) is 0 Å². The third-order valence-electron chi connectivity index (χ3n) is 2.93. The summed E-state index contributed by atoms with van der Waals surface area (Å²) in [7, 11) is 1.63. The minimum atomic E-state index is -0.242. The van der Waals surface area contributed by atoms with Crippen molar-refractivity contribution in [1.29, 1.82) is 0 Å². The predicted octanol–water partition coefficient (Wildman–Crippen LogP) is 2.20. The van der Waals surface area contributed by atoms with Gasteiger partial charge in [-0.2, -0.15) is 16.7 Å². The number of ketones is 1. The van der Waals surface area contributed by atoms with Gasteiger partial charge in [0.1, 0.15) is 12.0 Å². The molecule has 0 bridgehead atoms. The fourth-order valence-electron chi connectivity index (χ4n) is 2.02. The van der Waals surface area contributed by atoms with Crippen LogP contribution in [0.3, 0.4) is 0 Å². The maximum absolute atomic E-state index is 11.6. The van der Waals surface area contributed by atoms with Crippen LogP contribution in [-0.4, -0.2) is 34.5 Å². The Morgan fingerprint density at radius 1 is 1.50 bits per heavy atom. The van der Waals surface area contributed by atoms with Gasteiger partial charge >= 0.3 is 0 Å². The second-order valence-corrected chi connectivity index (χ2v) is 6.54. The summed E-state index contributed by atoms with van der Waals surface area (Å²) in [6, 6.07) is 0. The molecule has 0 saturated carbocycles. The zero-order valence-electron chi connectivity index (χ0n) is 11.1. The van der Waals surface area contributed by atoms with E-state index < -0.39 is 0 Å². The Kier molecular flexibility index (Phi) is 3.77. The van der Waals surface area contributed by atoms with Gasteiger partial charge in [0.2, 0.25) is 11.7 Å². The first kappa shape index (κ1) is 13.5. The number of methoxy groups -OCH3 is 1. The first-order valence-electron chi connectivity index (χ1n) is 5.90. The molecule has 0 aliphatic carbocycles. The van der Waals surface area contributed by atoms with Gasteiger partial charge in [-0.05, 0) is 5.41 Å². The molecule has 1 aromatic heterocycles. The minimum Gasteiger partial charge on any atom is -0.373 e. The van der Waals surface area contributed by atoms with E-state index in [0.717, 1.165) is 5.75 Å². The van der Waals surface area contributed by atoms with Crippen molar-refractivity contribution in [3.8, 4) is 0 Å². The van der Waals surface area contributed by atoms with Gasteiger partial charge in [-0.25, -0.2) is 0 Å². The third-order valence-corrected chi connectivity index (χ3v) is 3.99. The van der Waals surface area contributed by atoms with Gasteiger partial charge in [-0.15, -0.1) is 0 Å². The number of thioether (sulfide) groups is 1. The molecule has 1 aromatic rings. The number of carbonyl (C=O) groups excluding carboxylic acids is 1. The van der Waals surface area contributed by atoms with Crippen molar-refractivity contribution >= 4 is 17.5 Å². The Bertz CT molecular complexity index is 439. The monoisotopic (exact) mass is 270 g/mol. The molecule has 1 fully saturated rings. The fraction of sp³-hybridized carbons (Fsp3) is 0.750. The highest BCUT2D eigenvalue weighted by Gasteiger charge is 2.35. The van der Waals surface area contributed by atoms with E-state index in [0.29, 0.717) is 17.5 Å². The molecule has 2 heterocycles. The van der Waals surface area contributed by atoms with E-state index >= 15 is 0 Å². The maximum Gasteiger partial charge on any atom is 0.238 e. The van der Waals surface area contributed by atoms with Crippen molar-refractivity contribution in [3.05, 3.63) is 11.7 Å². The molecule has 1 aliphatic heterocycles. The van der Waals surface area contributed by atoms with E-state index in [-0.39, 0.29) is 23.2 Å². The quantitative estimate of drug-likeness (QED) is 0.839. The van der Waals surface area contributed by atoms with Gasteiger partial charge in [0.05, 0.1) is 5.75 Å². The number of ether oxygens (including phenoxy) is 1. The molecule has 6 heteroatoms. The standard InChI is InChI=1S/C12H18N2O3S/c1-12(2,3)9(16-4)10-13-11(17-14-10)7-5-18-6-8(7)15/h7,9H,5-6H2,1-4H3. The molecule has 0 N–H and O–H groups in total. The Balaban J connectivity index is 2.22. The van der Waals surface area contributed by atoms with Gasteiger partial charge in [-0.3, -0.25) is 4.79 Å². The van der Waals surface area contributed by atoms with Crippen molar-refractivity contribution < 1.29 is 14.1 Å². The summed E-state index contributed by atoms with van der Waals surface area (Å²) < 4.78 is 10.7. The largest absolute Gasteiger partial charge is 0.373 e. The zero-order chi connectivity index (χ0) is 13.3. The Morgan fingerprint density at radius 3 is 2.72 bits per heavy atom. The molecular formula is C12H18N2O3S. The molecule has 1 saturated heterocycles. The minimum absolute atomic E-state index is 0.121. The van der Waals surface area contributed by atoms with Crippen LogP contribution in [0.5, 0.6) is 0 Å². The van der Waals surface area contributed by atoms with Gasteiger partial charge in [-0.1, -0.05) is 25.9 Å². The first-order chi connectivity index (χ1) is 8.43. The summed E-state index contributed by atoms with van der Waals surface area (Å²) in [6.07, 6.45) is -0.237. The maximum atomic E-state index is 11.6. The second kappa shape index (κ2) is 5.01. The van der Waals surface area contributed by atoms with E-state index in [1.807, 2.05) is 20.8 Å². The number of hydrogen-bond donors (Lipinski definition) is 0.